The minimum absolute atomic E-state index is 0.0589. The molecule has 0 heterocycles. The number of nitrogens with zero attached hydrogens (tertiary/aromatic N) is 1. The maximum Gasteiger partial charge on any atom is 0.387 e. The normalized spacial score (nSPS) is 10.7. The van der Waals surface area contributed by atoms with Gasteiger partial charge in [0.2, 0.25) is 5.91 Å². The van der Waals surface area contributed by atoms with Gasteiger partial charge >= 0.3 is 6.61 Å². The van der Waals surface area contributed by atoms with Crippen LogP contribution in [0, 0.1) is 0 Å². The monoisotopic (exact) mass is 401 g/mol. The summed E-state index contributed by atoms with van der Waals surface area (Å²) in [5.41, 5.74) is 0.661. The van der Waals surface area contributed by atoms with Gasteiger partial charge < -0.3 is 14.4 Å². The number of amides is 1. The molecule has 0 unspecified atom stereocenters. The number of thioether (sulfide) groups is 1. The topological polar surface area (TPSA) is 38.8 Å². The minimum atomic E-state index is -2.95. The van der Waals surface area contributed by atoms with E-state index >= 15 is 0 Å². The standard InChI is InChI=1S/C18H18ClF2NO3S/c1-22(17(23)11-26-14-6-4-13(19)5-7-14)10-12-3-8-15(24-2)16(9-12)25-18(20)21/h3-9,18H,10-11H2,1-2H3. The molecule has 0 saturated carbocycles. The number of alkyl halides is 2. The first-order valence-electron chi connectivity index (χ1n) is 7.63. The Labute approximate surface area is 160 Å². The number of benzene rings is 2. The van der Waals surface area contributed by atoms with E-state index in [0.717, 1.165) is 4.90 Å². The molecule has 140 valence electrons. The quantitative estimate of drug-likeness (QED) is 0.601. The van der Waals surface area contributed by atoms with Crippen molar-refractivity contribution < 1.29 is 23.0 Å². The van der Waals surface area contributed by atoms with E-state index in [1.54, 1.807) is 25.2 Å². The van der Waals surface area contributed by atoms with Crippen molar-refractivity contribution in [2.24, 2.45) is 0 Å². The first-order chi connectivity index (χ1) is 12.4. The van der Waals surface area contributed by atoms with Crippen molar-refractivity contribution >= 4 is 29.3 Å². The number of hydrogen-bond acceptors (Lipinski definition) is 4. The molecule has 0 spiro atoms. The van der Waals surface area contributed by atoms with Crippen molar-refractivity contribution in [3.8, 4) is 11.5 Å². The lowest BCUT2D eigenvalue weighted by Crippen LogP contribution is -2.27. The zero-order chi connectivity index (χ0) is 19.1. The number of halogens is 3. The van der Waals surface area contributed by atoms with Crippen molar-refractivity contribution in [2.45, 2.75) is 18.1 Å². The molecule has 0 aromatic heterocycles. The molecular formula is C18H18ClF2NO3S. The summed E-state index contributed by atoms with van der Waals surface area (Å²) in [6.45, 7) is -2.68. The van der Waals surface area contributed by atoms with Crippen molar-refractivity contribution in [3.63, 3.8) is 0 Å². The van der Waals surface area contributed by atoms with Crippen LogP contribution in [0.1, 0.15) is 5.56 Å². The molecule has 0 aliphatic heterocycles. The molecule has 2 aromatic carbocycles. The maximum atomic E-state index is 12.5. The van der Waals surface area contributed by atoms with Crippen LogP contribution in [0.2, 0.25) is 5.02 Å². The zero-order valence-corrected chi connectivity index (χ0v) is 15.8. The van der Waals surface area contributed by atoms with E-state index in [2.05, 4.69) is 4.74 Å². The van der Waals surface area contributed by atoms with E-state index < -0.39 is 6.61 Å². The summed E-state index contributed by atoms with van der Waals surface area (Å²) < 4.78 is 34.4. The van der Waals surface area contributed by atoms with E-state index in [9.17, 15) is 13.6 Å². The lowest BCUT2D eigenvalue weighted by molar-refractivity contribution is -0.127. The van der Waals surface area contributed by atoms with Gasteiger partial charge in [0, 0.05) is 23.5 Å². The number of methoxy groups -OCH3 is 1. The van der Waals surface area contributed by atoms with Crippen LogP contribution in [0.25, 0.3) is 0 Å². The lowest BCUT2D eigenvalue weighted by atomic mass is 10.2. The van der Waals surface area contributed by atoms with Gasteiger partial charge in [-0.1, -0.05) is 17.7 Å². The summed E-state index contributed by atoms with van der Waals surface area (Å²) in [4.78, 5) is 14.7. The molecule has 2 aromatic rings. The fraction of sp³-hybridized carbons (Fsp3) is 0.278. The second kappa shape index (κ2) is 9.64. The van der Waals surface area contributed by atoms with Gasteiger partial charge in [0.25, 0.3) is 0 Å². The predicted molar refractivity (Wildman–Crippen MR) is 98.3 cm³/mol. The first kappa shape index (κ1) is 20.3. The van der Waals surface area contributed by atoms with Crippen molar-refractivity contribution in [2.75, 3.05) is 19.9 Å². The summed E-state index contributed by atoms with van der Waals surface area (Å²) in [5, 5.41) is 0.638. The molecule has 0 fully saturated rings. The van der Waals surface area contributed by atoms with Crippen molar-refractivity contribution in [3.05, 3.63) is 53.1 Å². The Balaban J connectivity index is 1.96. The Morgan fingerprint density at radius 1 is 1.19 bits per heavy atom. The molecule has 26 heavy (non-hydrogen) atoms. The molecule has 1 amide bonds. The third-order valence-electron chi connectivity index (χ3n) is 3.47. The van der Waals surface area contributed by atoms with Crippen LogP contribution in [0.3, 0.4) is 0 Å². The molecule has 0 atom stereocenters. The summed E-state index contributed by atoms with van der Waals surface area (Å²) in [5.74, 6) is 0.323. The van der Waals surface area contributed by atoms with Gasteiger partial charge in [0.15, 0.2) is 11.5 Å². The largest absolute Gasteiger partial charge is 0.493 e. The summed E-state index contributed by atoms with van der Waals surface area (Å²) >= 11 is 7.23. The average molecular weight is 402 g/mol. The van der Waals surface area contributed by atoms with Crippen LogP contribution < -0.4 is 9.47 Å². The molecular weight excluding hydrogens is 384 g/mol. The highest BCUT2D eigenvalue weighted by Crippen LogP contribution is 2.30. The van der Waals surface area contributed by atoms with E-state index in [4.69, 9.17) is 16.3 Å². The fourth-order valence-corrected chi connectivity index (χ4v) is 3.12. The number of ether oxygens (including phenoxy) is 2. The van der Waals surface area contributed by atoms with Gasteiger partial charge in [0.05, 0.1) is 12.9 Å². The van der Waals surface area contributed by atoms with Crippen LogP contribution in [0.5, 0.6) is 11.5 Å². The molecule has 0 bridgehead atoms. The van der Waals surface area contributed by atoms with E-state index in [1.165, 1.54) is 35.9 Å². The van der Waals surface area contributed by atoms with Gasteiger partial charge in [-0.15, -0.1) is 11.8 Å². The average Bonchev–Trinajstić information content (AvgIpc) is 2.60. The Hall–Kier alpha value is -1.99. The SMILES string of the molecule is COc1ccc(CN(C)C(=O)CSc2ccc(Cl)cc2)cc1OC(F)F. The van der Waals surface area contributed by atoms with Gasteiger partial charge in [-0.2, -0.15) is 8.78 Å². The molecule has 8 heteroatoms. The van der Waals surface area contributed by atoms with Crippen LogP contribution in [0.4, 0.5) is 8.78 Å². The third-order valence-corrected chi connectivity index (χ3v) is 4.71. The van der Waals surface area contributed by atoms with Crippen LogP contribution in [0.15, 0.2) is 47.4 Å². The molecule has 0 radical (unpaired) electrons. The van der Waals surface area contributed by atoms with Crippen LogP contribution >= 0.6 is 23.4 Å². The van der Waals surface area contributed by atoms with Gasteiger partial charge in [-0.3, -0.25) is 4.79 Å². The fourth-order valence-electron chi connectivity index (χ4n) is 2.16. The zero-order valence-electron chi connectivity index (χ0n) is 14.2. The van der Waals surface area contributed by atoms with E-state index in [-0.39, 0.29) is 29.7 Å². The second-order valence-corrected chi connectivity index (χ2v) is 6.84. The van der Waals surface area contributed by atoms with Gasteiger partial charge in [-0.05, 0) is 42.0 Å². The third kappa shape index (κ3) is 6.07. The molecule has 0 aliphatic carbocycles. The summed E-state index contributed by atoms with van der Waals surface area (Å²) in [6, 6.07) is 11.9. The number of rotatable bonds is 8. The highest BCUT2D eigenvalue weighted by Gasteiger charge is 2.14. The summed E-state index contributed by atoms with van der Waals surface area (Å²) in [6.07, 6.45) is 0. The van der Waals surface area contributed by atoms with Gasteiger partial charge in [-0.25, -0.2) is 0 Å². The van der Waals surface area contributed by atoms with E-state index in [1.807, 2.05) is 12.1 Å². The Bertz CT molecular complexity index is 744. The van der Waals surface area contributed by atoms with Crippen LogP contribution in [-0.2, 0) is 11.3 Å². The predicted octanol–water partition coefficient (Wildman–Crippen LogP) is 4.70. The Morgan fingerprint density at radius 3 is 2.50 bits per heavy atom. The molecule has 4 nitrogen and oxygen atoms in total. The minimum Gasteiger partial charge on any atom is -0.493 e. The van der Waals surface area contributed by atoms with Gasteiger partial charge in [0.1, 0.15) is 0 Å². The number of carbonyl (C=O) groups excluding carboxylic acids is 1. The number of hydrogen-bond donors (Lipinski definition) is 0. The highest BCUT2D eigenvalue weighted by molar-refractivity contribution is 8.00. The molecule has 0 N–H and O–H groups in total. The lowest BCUT2D eigenvalue weighted by Gasteiger charge is -2.18. The maximum absolute atomic E-state index is 12.5. The first-order valence-corrected chi connectivity index (χ1v) is 8.99. The second-order valence-electron chi connectivity index (χ2n) is 5.36. The van der Waals surface area contributed by atoms with Crippen molar-refractivity contribution in [1.29, 1.82) is 0 Å². The number of carbonyl (C=O) groups is 1. The molecule has 2 rings (SSSR count). The Kier molecular flexibility index (Phi) is 7.53. The molecule has 0 saturated heterocycles. The van der Waals surface area contributed by atoms with Crippen molar-refractivity contribution in [1.82, 2.24) is 4.90 Å². The van der Waals surface area contributed by atoms with E-state index in [0.29, 0.717) is 10.6 Å². The van der Waals surface area contributed by atoms with Crippen LogP contribution in [-0.4, -0.2) is 37.3 Å². The Morgan fingerprint density at radius 2 is 1.88 bits per heavy atom. The molecule has 0 aliphatic rings. The highest BCUT2D eigenvalue weighted by atomic mass is 35.5. The summed E-state index contributed by atoms with van der Waals surface area (Å²) in [7, 11) is 3.03. The smallest absolute Gasteiger partial charge is 0.387 e.